The number of rotatable bonds is 8. The van der Waals surface area contributed by atoms with Gasteiger partial charge in [0.25, 0.3) is 0 Å². The Bertz CT molecular complexity index is 958. The van der Waals surface area contributed by atoms with Crippen molar-refractivity contribution in [3.05, 3.63) is 59.1 Å². The van der Waals surface area contributed by atoms with E-state index < -0.39 is 0 Å². The number of aromatic nitrogens is 3. The monoisotopic (exact) mass is 430 g/mol. The molecule has 0 aliphatic carbocycles. The van der Waals surface area contributed by atoms with Crippen molar-refractivity contribution in [2.75, 3.05) is 13.7 Å². The molecule has 1 atom stereocenters. The van der Waals surface area contributed by atoms with Crippen LogP contribution in [0.15, 0.2) is 53.7 Å². The molecule has 0 spiro atoms. The van der Waals surface area contributed by atoms with Crippen molar-refractivity contribution >= 4 is 29.3 Å². The molecule has 1 heterocycles. The van der Waals surface area contributed by atoms with Crippen LogP contribution in [0.1, 0.15) is 12.5 Å². The van der Waals surface area contributed by atoms with Crippen LogP contribution >= 0.6 is 23.4 Å². The van der Waals surface area contributed by atoms with E-state index in [4.69, 9.17) is 16.3 Å². The lowest BCUT2D eigenvalue weighted by molar-refractivity contribution is -0.120. The Morgan fingerprint density at radius 3 is 2.52 bits per heavy atom. The Hall–Kier alpha value is -2.51. The lowest BCUT2D eigenvalue weighted by atomic mass is 10.1. The van der Waals surface area contributed by atoms with E-state index in [2.05, 4.69) is 15.5 Å². The summed E-state index contributed by atoms with van der Waals surface area (Å²) in [5.74, 6) is 1.53. The first-order chi connectivity index (χ1) is 14.0. The third-order valence-electron chi connectivity index (χ3n) is 4.46. The van der Waals surface area contributed by atoms with Gasteiger partial charge >= 0.3 is 0 Å². The fraction of sp³-hybridized carbons (Fsp3) is 0.286. The molecule has 0 saturated heterocycles. The van der Waals surface area contributed by atoms with Gasteiger partial charge in [0.1, 0.15) is 5.75 Å². The van der Waals surface area contributed by atoms with Gasteiger partial charge in [0, 0.05) is 24.2 Å². The summed E-state index contributed by atoms with van der Waals surface area (Å²) in [6.07, 6.45) is 0.762. The lowest BCUT2D eigenvalue weighted by Gasteiger charge is -2.12. The largest absolute Gasteiger partial charge is 0.497 e. The van der Waals surface area contributed by atoms with E-state index >= 15 is 0 Å². The predicted octanol–water partition coefficient (Wildman–Crippen LogP) is 3.98. The number of methoxy groups -OCH3 is 1. The number of carbonyl (C=O) groups is 1. The molecule has 0 bridgehead atoms. The van der Waals surface area contributed by atoms with E-state index in [-0.39, 0.29) is 11.2 Å². The topological polar surface area (TPSA) is 69.0 Å². The second-order valence-electron chi connectivity index (χ2n) is 6.52. The molecule has 0 radical (unpaired) electrons. The highest BCUT2D eigenvalue weighted by molar-refractivity contribution is 8.00. The van der Waals surface area contributed by atoms with Gasteiger partial charge in [-0.1, -0.05) is 35.5 Å². The summed E-state index contributed by atoms with van der Waals surface area (Å²) in [4.78, 5) is 12.4. The van der Waals surface area contributed by atoms with Gasteiger partial charge in [0.2, 0.25) is 5.91 Å². The maximum Gasteiger partial charge on any atom is 0.233 e. The Morgan fingerprint density at radius 1 is 1.17 bits per heavy atom. The third kappa shape index (κ3) is 5.52. The minimum atomic E-state index is -0.285. The molecular formula is C21H23ClN4O2S. The van der Waals surface area contributed by atoms with Crippen LogP contribution in [-0.4, -0.2) is 39.6 Å². The molecule has 152 valence electrons. The van der Waals surface area contributed by atoms with Crippen LogP contribution in [0.2, 0.25) is 5.02 Å². The zero-order chi connectivity index (χ0) is 20.8. The van der Waals surface area contributed by atoms with E-state index in [0.717, 1.165) is 29.1 Å². The highest BCUT2D eigenvalue weighted by Crippen LogP contribution is 2.26. The minimum Gasteiger partial charge on any atom is -0.497 e. The zero-order valence-corrected chi connectivity index (χ0v) is 18.1. The highest BCUT2D eigenvalue weighted by atomic mass is 35.5. The summed E-state index contributed by atoms with van der Waals surface area (Å²) in [5.41, 5.74) is 2.07. The van der Waals surface area contributed by atoms with Gasteiger partial charge in [0.05, 0.1) is 12.4 Å². The fourth-order valence-corrected chi connectivity index (χ4v) is 3.71. The van der Waals surface area contributed by atoms with Gasteiger partial charge in [-0.2, -0.15) is 0 Å². The van der Waals surface area contributed by atoms with E-state index in [0.29, 0.717) is 16.7 Å². The molecule has 1 unspecified atom stereocenters. The normalized spacial score (nSPS) is 11.9. The second kappa shape index (κ2) is 9.80. The predicted molar refractivity (Wildman–Crippen MR) is 116 cm³/mol. The molecule has 1 N–H and O–H groups in total. The Morgan fingerprint density at radius 2 is 1.86 bits per heavy atom. The Kier molecular flexibility index (Phi) is 7.17. The molecule has 29 heavy (non-hydrogen) atoms. The van der Waals surface area contributed by atoms with Crippen LogP contribution in [0, 0.1) is 0 Å². The van der Waals surface area contributed by atoms with Crippen molar-refractivity contribution in [2.45, 2.75) is 23.8 Å². The van der Waals surface area contributed by atoms with Gasteiger partial charge in [-0.15, -0.1) is 10.2 Å². The molecule has 8 heteroatoms. The standard InChI is InChI=1S/C21H23ClN4O2S/c1-14(20(27)23-13-12-15-4-10-18(28-3)11-5-15)29-21-25-24-19(26(21)2)16-6-8-17(22)9-7-16/h4-11,14H,12-13H2,1-3H3,(H,23,27). The first-order valence-electron chi connectivity index (χ1n) is 9.20. The first kappa shape index (κ1) is 21.2. The van der Waals surface area contributed by atoms with Crippen LogP contribution in [0.4, 0.5) is 0 Å². The molecule has 0 aliphatic rings. The van der Waals surface area contributed by atoms with Crippen molar-refractivity contribution in [3.63, 3.8) is 0 Å². The number of thioether (sulfide) groups is 1. The van der Waals surface area contributed by atoms with Crippen LogP contribution in [0.3, 0.4) is 0 Å². The summed E-state index contributed by atoms with van der Waals surface area (Å²) < 4.78 is 7.04. The molecule has 0 aliphatic heterocycles. The maximum absolute atomic E-state index is 12.4. The zero-order valence-electron chi connectivity index (χ0n) is 16.6. The summed E-state index contributed by atoms with van der Waals surface area (Å²) in [6, 6.07) is 15.3. The number of hydrogen-bond acceptors (Lipinski definition) is 5. The van der Waals surface area contributed by atoms with E-state index in [1.807, 2.05) is 67.1 Å². The van der Waals surface area contributed by atoms with Crippen molar-refractivity contribution < 1.29 is 9.53 Å². The number of halogens is 1. The van der Waals surface area contributed by atoms with Gasteiger partial charge < -0.3 is 14.6 Å². The molecule has 1 aromatic heterocycles. The molecule has 1 amide bonds. The van der Waals surface area contributed by atoms with Crippen LogP contribution in [0.25, 0.3) is 11.4 Å². The molecule has 2 aromatic carbocycles. The SMILES string of the molecule is COc1ccc(CCNC(=O)C(C)Sc2nnc(-c3ccc(Cl)cc3)n2C)cc1. The van der Waals surface area contributed by atoms with Crippen molar-refractivity contribution in [2.24, 2.45) is 7.05 Å². The van der Waals surface area contributed by atoms with Gasteiger partial charge in [-0.25, -0.2) is 0 Å². The molecule has 6 nitrogen and oxygen atoms in total. The number of benzene rings is 2. The number of ether oxygens (including phenoxy) is 1. The van der Waals surface area contributed by atoms with Crippen LogP contribution in [-0.2, 0) is 18.3 Å². The average molecular weight is 431 g/mol. The quantitative estimate of drug-likeness (QED) is 0.547. The van der Waals surface area contributed by atoms with E-state index in [1.54, 1.807) is 7.11 Å². The highest BCUT2D eigenvalue weighted by Gasteiger charge is 2.19. The van der Waals surface area contributed by atoms with Gasteiger partial charge in [-0.05, 0) is 55.3 Å². The number of nitrogens with one attached hydrogen (secondary N) is 1. The van der Waals surface area contributed by atoms with E-state index in [9.17, 15) is 4.79 Å². The Labute approximate surface area is 179 Å². The average Bonchev–Trinajstić information content (AvgIpc) is 3.09. The second-order valence-corrected chi connectivity index (χ2v) is 8.27. The number of nitrogens with zero attached hydrogens (tertiary/aromatic N) is 3. The number of carbonyl (C=O) groups excluding carboxylic acids is 1. The van der Waals surface area contributed by atoms with Crippen molar-refractivity contribution in [1.29, 1.82) is 0 Å². The summed E-state index contributed by atoms with van der Waals surface area (Å²) >= 11 is 7.33. The van der Waals surface area contributed by atoms with Gasteiger partial charge in [0.15, 0.2) is 11.0 Å². The molecule has 3 rings (SSSR count). The number of amides is 1. The number of hydrogen-bond donors (Lipinski definition) is 1. The minimum absolute atomic E-state index is 0.0282. The molecular weight excluding hydrogens is 408 g/mol. The van der Waals surface area contributed by atoms with E-state index in [1.165, 1.54) is 11.8 Å². The molecule has 0 fully saturated rings. The van der Waals surface area contributed by atoms with Crippen molar-refractivity contribution in [1.82, 2.24) is 20.1 Å². The molecule has 3 aromatic rings. The first-order valence-corrected chi connectivity index (χ1v) is 10.5. The smallest absolute Gasteiger partial charge is 0.233 e. The summed E-state index contributed by atoms with van der Waals surface area (Å²) in [6.45, 7) is 2.44. The maximum atomic E-state index is 12.4. The summed E-state index contributed by atoms with van der Waals surface area (Å²) in [7, 11) is 3.53. The van der Waals surface area contributed by atoms with Gasteiger partial charge in [-0.3, -0.25) is 4.79 Å². The Balaban J connectivity index is 1.53. The van der Waals surface area contributed by atoms with Crippen LogP contribution < -0.4 is 10.1 Å². The molecule has 0 saturated carbocycles. The summed E-state index contributed by atoms with van der Waals surface area (Å²) in [5, 5.41) is 12.5. The lowest BCUT2D eigenvalue weighted by Crippen LogP contribution is -2.32. The van der Waals surface area contributed by atoms with Crippen LogP contribution in [0.5, 0.6) is 5.75 Å². The van der Waals surface area contributed by atoms with Crippen molar-refractivity contribution in [3.8, 4) is 17.1 Å². The fourth-order valence-electron chi connectivity index (χ4n) is 2.75. The third-order valence-corrected chi connectivity index (χ3v) is 5.85.